The lowest BCUT2D eigenvalue weighted by Crippen LogP contribution is -2.37. The van der Waals surface area contributed by atoms with Crippen LogP contribution in [0, 0.1) is 43.4 Å². The van der Waals surface area contributed by atoms with Crippen molar-refractivity contribution in [2.45, 2.75) is 161 Å². The van der Waals surface area contributed by atoms with Crippen molar-refractivity contribution in [3.05, 3.63) is 154 Å². The number of benzene rings is 6. The van der Waals surface area contributed by atoms with Crippen LogP contribution in [-0.4, -0.2) is 111 Å². The van der Waals surface area contributed by atoms with Gasteiger partial charge in [0.05, 0.1) is 79.2 Å². The number of aryl methyl sites for hydroxylation is 2. The highest BCUT2D eigenvalue weighted by Crippen LogP contribution is 2.34. The first kappa shape index (κ1) is 78.9. The Morgan fingerprint density at radius 2 is 0.657 bits per heavy atom. The Bertz CT molecular complexity index is 3710. The van der Waals surface area contributed by atoms with Crippen molar-refractivity contribution in [3.63, 3.8) is 0 Å². The van der Waals surface area contributed by atoms with Gasteiger partial charge in [-0.2, -0.15) is 0 Å². The van der Waals surface area contributed by atoms with Crippen LogP contribution in [0.2, 0.25) is 0 Å². The van der Waals surface area contributed by atoms with Crippen molar-refractivity contribution in [2.24, 2.45) is 29.6 Å². The molecule has 0 atom stereocenters. The zero-order chi connectivity index (χ0) is 72.7. The summed E-state index contributed by atoms with van der Waals surface area (Å²) >= 11 is 0. The molecule has 6 aromatic carbocycles. The van der Waals surface area contributed by atoms with E-state index in [0.29, 0.717) is 133 Å². The van der Waals surface area contributed by atoms with Gasteiger partial charge in [0.15, 0.2) is 0 Å². The molecule has 99 heavy (non-hydrogen) atoms. The normalized spacial score (nSPS) is 13.8. The van der Waals surface area contributed by atoms with Gasteiger partial charge in [0.1, 0.15) is 47.7 Å². The number of hydrogen-bond donors (Lipinski definition) is 6. The number of carboxylic acids is 1. The van der Waals surface area contributed by atoms with E-state index in [-0.39, 0.29) is 75.5 Å². The van der Waals surface area contributed by atoms with Crippen LogP contribution in [0.25, 0.3) is 0 Å². The molecule has 0 aromatic heterocycles. The van der Waals surface area contributed by atoms with Gasteiger partial charge in [-0.05, 0) is 219 Å². The summed E-state index contributed by atoms with van der Waals surface area (Å²) in [5, 5.41) is 24.2. The fourth-order valence-electron chi connectivity index (χ4n) is 9.81. The summed E-state index contributed by atoms with van der Waals surface area (Å²) in [6, 6.07) is 29.7. The molecular formula is C79H105N5O15. The summed E-state index contributed by atoms with van der Waals surface area (Å²) in [4.78, 5) is 78.5. The summed E-state index contributed by atoms with van der Waals surface area (Å²) in [5.41, 5.74) is 4.79. The van der Waals surface area contributed by atoms with Crippen LogP contribution >= 0.6 is 0 Å². The van der Waals surface area contributed by atoms with Crippen LogP contribution < -0.4 is 55.0 Å². The molecule has 20 nitrogen and oxygen atoms in total. The smallest absolute Gasteiger partial charge is 0.335 e. The van der Waals surface area contributed by atoms with Gasteiger partial charge in [-0.15, -0.1) is 0 Å². The highest BCUT2D eigenvalue weighted by Gasteiger charge is 2.24. The highest BCUT2D eigenvalue weighted by molar-refractivity contribution is 6.10. The van der Waals surface area contributed by atoms with Gasteiger partial charge in [0.2, 0.25) is 0 Å². The molecule has 0 bridgehead atoms. The van der Waals surface area contributed by atoms with E-state index in [2.05, 4.69) is 33.5 Å². The average molecular weight is 1360 g/mol. The minimum Gasteiger partial charge on any atom is -0.491 e. The number of rotatable bonds is 31. The molecule has 0 heterocycles. The summed E-state index contributed by atoms with van der Waals surface area (Å²) in [7, 11) is 0. The van der Waals surface area contributed by atoms with Crippen LogP contribution in [0.4, 0.5) is 22.7 Å². The van der Waals surface area contributed by atoms with Crippen molar-refractivity contribution in [3.8, 4) is 34.5 Å². The number of amides is 5. The van der Waals surface area contributed by atoms with E-state index in [0.717, 1.165) is 36.8 Å². The SMILES string of the molecule is Cc1ccc(C(=O)Nc2ccc(C(=O)Nc3ccc(C(=O)NC4CCC(C)CC4)cc3OCC(C)C)cc2OCC(C)C)cc1OCCOC(C)(C)C.Cc1ccc(C(=O)Nc2ccc(C(=O)Nc3ccc(C(=O)O)cc3OCC(C)C)cc2OCC(C)C)cc1OCCOC(C)(C)C. The third-order valence-corrected chi connectivity index (χ3v) is 15.2. The first-order valence-electron chi connectivity index (χ1n) is 34.3. The van der Waals surface area contributed by atoms with E-state index < -0.39 is 17.8 Å². The second kappa shape index (κ2) is 37.2. The number of ether oxygens (including phenoxy) is 8. The zero-order valence-corrected chi connectivity index (χ0v) is 61.0. The first-order valence-corrected chi connectivity index (χ1v) is 34.3. The van der Waals surface area contributed by atoms with Gasteiger partial charge in [-0.25, -0.2) is 4.79 Å². The van der Waals surface area contributed by atoms with Gasteiger partial charge in [0.25, 0.3) is 29.5 Å². The monoisotopic (exact) mass is 1360 g/mol. The van der Waals surface area contributed by atoms with E-state index in [1.54, 1.807) is 78.9 Å². The molecule has 536 valence electrons. The Morgan fingerprint density at radius 1 is 0.384 bits per heavy atom. The zero-order valence-electron chi connectivity index (χ0n) is 61.0. The van der Waals surface area contributed by atoms with Crippen molar-refractivity contribution >= 4 is 58.3 Å². The van der Waals surface area contributed by atoms with Crippen LogP contribution in [0.5, 0.6) is 34.5 Å². The number of carbonyl (C=O) groups is 6. The van der Waals surface area contributed by atoms with Crippen LogP contribution in [0.15, 0.2) is 109 Å². The summed E-state index contributed by atoms with van der Waals surface area (Å²) < 4.78 is 47.3. The van der Waals surface area contributed by atoms with Gasteiger partial charge >= 0.3 is 5.97 Å². The van der Waals surface area contributed by atoms with Gasteiger partial charge < -0.3 is 69.6 Å². The third-order valence-electron chi connectivity index (χ3n) is 15.2. The summed E-state index contributed by atoms with van der Waals surface area (Å²) in [6.45, 7) is 37.0. The van der Waals surface area contributed by atoms with E-state index in [1.165, 1.54) is 18.2 Å². The number of hydrogen-bond acceptors (Lipinski definition) is 14. The fourth-order valence-corrected chi connectivity index (χ4v) is 9.81. The maximum absolute atomic E-state index is 13.7. The number of carbonyl (C=O) groups excluding carboxylic acids is 5. The molecule has 5 amide bonds. The Balaban J connectivity index is 0.000000315. The van der Waals surface area contributed by atoms with E-state index in [9.17, 15) is 33.9 Å². The van der Waals surface area contributed by atoms with E-state index >= 15 is 0 Å². The van der Waals surface area contributed by atoms with Crippen LogP contribution in [0.3, 0.4) is 0 Å². The molecule has 0 spiro atoms. The van der Waals surface area contributed by atoms with Crippen molar-refractivity contribution < 1.29 is 71.8 Å². The second-order valence-corrected chi connectivity index (χ2v) is 28.8. The summed E-state index contributed by atoms with van der Waals surface area (Å²) in [5.74, 6) is 1.23. The molecule has 7 rings (SSSR count). The lowest BCUT2D eigenvalue weighted by Gasteiger charge is -2.27. The minimum absolute atomic E-state index is 0.0445. The van der Waals surface area contributed by atoms with Crippen molar-refractivity contribution in [2.75, 3.05) is 74.1 Å². The molecule has 0 saturated heterocycles. The van der Waals surface area contributed by atoms with Gasteiger partial charge in [-0.3, -0.25) is 24.0 Å². The summed E-state index contributed by atoms with van der Waals surface area (Å²) in [6.07, 6.45) is 4.15. The predicted octanol–water partition coefficient (Wildman–Crippen LogP) is 16.5. The van der Waals surface area contributed by atoms with E-state index in [1.807, 2.05) is 123 Å². The maximum Gasteiger partial charge on any atom is 0.335 e. The van der Waals surface area contributed by atoms with E-state index in [4.69, 9.17) is 37.9 Å². The Kier molecular flexibility index (Phi) is 29.6. The molecule has 1 saturated carbocycles. The maximum atomic E-state index is 13.7. The molecule has 1 fully saturated rings. The van der Waals surface area contributed by atoms with Crippen LogP contribution in [0.1, 0.15) is 203 Å². The number of aromatic carboxylic acids is 1. The quantitative estimate of drug-likeness (QED) is 0.0221. The largest absolute Gasteiger partial charge is 0.491 e. The molecule has 1 aliphatic rings. The molecule has 0 radical (unpaired) electrons. The standard InChI is InChI=1S/C43H59N3O7.C36H46N2O8/c1-27(2)25-51-38-23-32(40(47)44-34-16-10-29(5)11-17-34)14-18-35(38)46-42(49)33-15-19-36(39(24-33)52-26-28(3)4)45-41(48)31-13-12-30(6)37(22-31)50-20-21-53-43(7,8)9;1-22(2)20-44-31-18-26(34(40)38-29-14-12-27(35(41)42)19-32(29)45-21-23(3)4)11-13-28(31)37-33(39)25-10-9-24(5)30(17-25)43-15-16-46-36(6,7)8/h12-15,18-19,22-24,27-29,34H,10-11,16-17,20-21,25-26H2,1-9H3,(H,44,47)(H,45,48)(H,46,49);9-14,17-19,22-23H,15-16,20-21H2,1-8H3,(H,37,39)(H,38,40)(H,41,42). The Labute approximate surface area is 585 Å². The topological polar surface area (TPSA) is 257 Å². The van der Waals surface area contributed by atoms with Gasteiger partial charge in [0, 0.05) is 33.9 Å². The molecule has 6 N–H and O–H groups in total. The Hall–Kier alpha value is -9.14. The molecule has 6 aromatic rings. The molecule has 0 unspecified atom stereocenters. The molecular weight excluding hydrogens is 1260 g/mol. The number of anilines is 4. The highest BCUT2D eigenvalue weighted by atomic mass is 16.5. The average Bonchev–Trinajstić information content (AvgIpc) is 0.834. The second-order valence-electron chi connectivity index (χ2n) is 28.8. The predicted molar refractivity (Wildman–Crippen MR) is 390 cm³/mol. The lowest BCUT2D eigenvalue weighted by atomic mass is 9.87. The first-order chi connectivity index (χ1) is 46.7. The molecule has 1 aliphatic carbocycles. The van der Waals surface area contributed by atoms with Crippen LogP contribution in [-0.2, 0) is 9.47 Å². The molecule has 20 heteroatoms. The number of nitrogens with one attached hydrogen (secondary N) is 5. The number of carboxylic acid groups (broad SMARTS) is 1. The van der Waals surface area contributed by atoms with Gasteiger partial charge in [-0.1, -0.05) is 74.4 Å². The third kappa shape index (κ3) is 26.6. The van der Waals surface area contributed by atoms with Crippen molar-refractivity contribution in [1.82, 2.24) is 5.32 Å². The molecule has 0 aliphatic heterocycles. The van der Waals surface area contributed by atoms with Crippen molar-refractivity contribution in [1.29, 1.82) is 0 Å². The Morgan fingerprint density at radius 3 is 0.949 bits per heavy atom. The lowest BCUT2D eigenvalue weighted by molar-refractivity contribution is -0.0166. The fraction of sp³-hybridized carbons (Fsp3) is 0.468. The minimum atomic E-state index is -1.10.